The number of methoxy groups -OCH3 is 1. The van der Waals surface area contributed by atoms with Crippen molar-refractivity contribution < 1.29 is 72.8 Å². The van der Waals surface area contributed by atoms with Gasteiger partial charge in [0.25, 0.3) is 0 Å². The minimum atomic E-state index is -2.34. The standard InChI is InChI=1S/C24H36F5NO3.C23H34F5NO3/c1-6-7-8-9-10-11-12-16(24(32,14(2)3)15(4)5)13-30-23(31)33-22-20(28)18(26)17(25)19(27)21(22)29;1-5-8-9-10-11-12-13-15(23(6-2,7-3)31-4)14-29-22(30)32-21-19(27)17(25)16(24)18(26)20(21)28/h14-16,32H,6-13H2,1-5H3,(H,30,31);15H,5-14H2,1-4H3,(H,29,30). The summed E-state index contributed by atoms with van der Waals surface area (Å²) in [6, 6.07) is 0. The third-order valence-corrected chi connectivity index (χ3v) is 12.4. The van der Waals surface area contributed by atoms with Gasteiger partial charge in [0.15, 0.2) is 0 Å². The molecule has 0 aliphatic rings. The van der Waals surface area contributed by atoms with E-state index in [0.717, 1.165) is 77.0 Å². The molecule has 0 saturated heterocycles. The highest BCUT2D eigenvalue weighted by Gasteiger charge is 2.42. The van der Waals surface area contributed by atoms with E-state index in [1.807, 2.05) is 41.5 Å². The van der Waals surface area contributed by atoms with Crippen molar-refractivity contribution in [1.82, 2.24) is 10.6 Å². The first kappa shape index (κ1) is 59.2. The molecular weight excluding hydrogens is 879 g/mol. The summed E-state index contributed by atoms with van der Waals surface area (Å²) in [5, 5.41) is 16.1. The van der Waals surface area contributed by atoms with Gasteiger partial charge in [0.05, 0.1) is 11.2 Å². The Morgan fingerprint density at radius 3 is 1.09 bits per heavy atom. The van der Waals surface area contributed by atoms with Gasteiger partial charge in [-0.2, -0.15) is 17.6 Å². The summed E-state index contributed by atoms with van der Waals surface area (Å²) in [4.78, 5) is 24.3. The Hall–Kier alpha value is -3.80. The molecule has 0 fully saturated rings. The van der Waals surface area contributed by atoms with E-state index in [1.54, 1.807) is 7.11 Å². The largest absolute Gasteiger partial charge is 0.412 e. The quantitative estimate of drug-likeness (QED) is 0.0357. The predicted octanol–water partition coefficient (Wildman–Crippen LogP) is 13.9. The van der Waals surface area contributed by atoms with Gasteiger partial charge in [0.1, 0.15) is 0 Å². The number of rotatable bonds is 27. The molecule has 18 heteroatoms. The number of aliphatic hydroxyl groups is 1. The minimum Gasteiger partial charge on any atom is -0.404 e. The molecule has 8 nitrogen and oxygen atoms in total. The maximum Gasteiger partial charge on any atom is 0.412 e. The lowest BCUT2D eigenvalue weighted by Crippen LogP contribution is -2.52. The number of hydrogen-bond donors (Lipinski definition) is 3. The molecule has 2 rings (SSSR count). The molecule has 0 aliphatic carbocycles. The Balaban J connectivity index is 0.000000650. The van der Waals surface area contributed by atoms with E-state index >= 15 is 0 Å². The zero-order valence-electron chi connectivity index (χ0n) is 39.3. The minimum absolute atomic E-state index is 0.0682. The molecule has 2 aromatic carbocycles. The fourth-order valence-electron chi connectivity index (χ4n) is 8.30. The van der Waals surface area contributed by atoms with Crippen molar-refractivity contribution in [3.8, 4) is 11.5 Å². The van der Waals surface area contributed by atoms with Crippen LogP contribution < -0.4 is 20.1 Å². The maximum atomic E-state index is 13.8. The van der Waals surface area contributed by atoms with Crippen molar-refractivity contribution in [2.24, 2.45) is 23.7 Å². The van der Waals surface area contributed by atoms with Crippen LogP contribution in [0.3, 0.4) is 0 Å². The first-order valence-corrected chi connectivity index (χ1v) is 22.8. The van der Waals surface area contributed by atoms with Crippen molar-refractivity contribution >= 4 is 12.2 Å². The van der Waals surface area contributed by atoms with Crippen molar-refractivity contribution in [1.29, 1.82) is 0 Å². The number of amides is 2. The normalized spacial score (nSPS) is 12.8. The Morgan fingerprint density at radius 1 is 0.492 bits per heavy atom. The Bertz CT molecular complexity index is 1710. The van der Waals surface area contributed by atoms with Crippen molar-refractivity contribution in [3.05, 3.63) is 58.2 Å². The summed E-state index contributed by atoms with van der Waals surface area (Å²) in [5.74, 6) is -26.4. The van der Waals surface area contributed by atoms with Crippen LogP contribution in [0, 0.1) is 81.8 Å². The number of hydrogen-bond acceptors (Lipinski definition) is 6. The van der Waals surface area contributed by atoms with Gasteiger partial charge < -0.3 is 30.0 Å². The number of nitrogens with one attached hydrogen (secondary N) is 2. The van der Waals surface area contributed by atoms with Gasteiger partial charge in [0, 0.05) is 32.0 Å². The van der Waals surface area contributed by atoms with Gasteiger partial charge in [-0.3, -0.25) is 0 Å². The number of benzene rings is 2. The predicted molar refractivity (Wildman–Crippen MR) is 228 cm³/mol. The van der Waals surface area contributed by atoms with Crippen molar-refractivity contribution in [2.75, 3.05) is 20.2 Å². The van der Waals surface area contributed by atoms with Crippen LogP contribution >= 0.6 is 0 Å². The zero-order valence-corrected chi connectivity index (χ0v) is 39.3. The van der Waals surface area contributed by atoms with Gasteiger partial charge in [0.2, 0.25) is 69.7 Å². The van der Waals surface area contributed by atoms with E-state index in [9.17, 15) is 58.6 Å². The molecule has 2 amide bonds. The number of carbonyl (C=O) groups excluding carboxylic acids is 2. The lowest BCUT2D eigenvalue weighted by Gasteiger charge is -2.43. The lowest BCUT2D eigenvalue weighted by atomic mass is 9.69. The van der Waals surface area contributed by atoms with Gasteiger partial charge in [-0.15, -0.1) is 0 Å². The molecule has 0 saturated carbocycles. The van der Waals surface area contributed by atoms with E-state index in [-0.39, 0.29) is 30.8 Å². The average molecular weight is 949 g/mol. The number of unbranched alkanes of at least 4 members (excludes halogenated alkanes) is 10. The molecule has 0 aromatic heterocycles. The highest BCUT2D eigenvalue weighted by atomic mass is 19.2. The summed E-state index contributed by atoms with van der Waals surface area (Å²) in [6.45, 7) is 15.6. The van der Waals surface area contributed by atoms with Gasteiger partial charge >= 0.3 is 12.2 Å². The highest BCUT2D eigenvalue weighted by molar-refractivity contribution is 5.71. The molecule has 0 aliphatic heterocycles. The van der Waals surface area contributed by atoms with Crippen LogP contribution in [0.15, 0.2) is 0 Å². The number of carbonyl (C=O) groups is 2. The summed E-state index contributed by atoms with van der Waals surface area (Å²) >= 11 is 0. The van der Waals surface area contributed by atoms with E-state index in [4.69, 9.17) is 4.74 Å². The molecule has 2 unspecified atom stereocenters. The second kappa shape index (κ2) is 29.1. The monoisotopic (exact) mass is 949 g/mol. The van der Waals surface area contributed by atoms with E-state index in [0.29, 0.717) is 19.3 Å². The molecule has 0 bridgehead atoms. The van der Waals surface area contributed by atoms with E-state index in [2.05, 4.69) is 34.0 Å². The molecule has 2 atom stereocenters. The van der Waals surface area contributed by atoms with Gasteiger partial charge in [-0.25, -0.2) is 35.9 Å². The topological polar surface area (TPSA) is 106 Å². The van der Waals surface area contributed by atoms with E-state index in [1.165, 1.54) is 6.42 Å². The molecule has 3 N–H and O–H groups in total. The summed E-state index contributed by atoms with van der Waals surface area (Å²) in [6.07, 6.45) is 12.7. The third-order valence-electron chi connectivity index (χ3n) is 12.4. The lowest BCUT2D eigenvalue weighted by molar-refractivity contribution is -0.0976. The fraction of sp³-hybridized carbons (Fsp3) is 0.702. The maximum absolute atomic E-state index is 13.8. The van der Waals surface area contributed by atoms with Gasteiger partial charge in [-0.1, -0.05) is 132 Å². The highest BCUT2D eigenvalue weighted by Crippen LogP contribution is 2.38. The SMILES string of the molecule is CCCCCCCCC(CNC(=O)Oc1c(F)c(F)c(F)c(F)c1F)C(CC)(CC)OC.CCCCCCCCC(CNC(=O)Oc1c(F)c(F)c(F)c(F)c1F)C(O)(C(C)C)C(C)C. The fourth-order valence-corrected chi connectivity index (χ4v) is 8.30. The Morgan fingerprint density at radius 2 is 0.785 bits per heavy atom. The first-order chi connectivity index (χ1) is 30.6. The smallest absolute Gasteiger partial charge is 0.404 e. The number of ether oxygens (including phenoxy) is 3. The van der Waals surface area contributed by atoms with Gasteiger partial charge in [-0.05, 0) is 37.5 Å². The van der Waals surface area contributed by atoms with E-state index < -0.39 is 99.0 Å². The Kier molecular flexibility index (Phi) is 26.5. The van der Waals surface area contributed by atoms with Crippen LogP contribution in [0.25, 0.3) is 0 Å². The second-order valence-electron chi connectivity index (χ2n) is 17.0. The second-order valence-corrected chi connectivity index (χ2v) is 17.0. The van der Waals surface area contributed by atoms with Crippen LogP contribution in [0.2, 0.25) is 0 Å². The number of halogens is 10. The molecule has 2 aromatic rings. The van der Waals surface area contributed by atoms with Crippen LogP contribution in [0.5, 0.6) is 11.5 Å². The Labute approximate surface area is 377 Å². The zero-order chi connectivity index (χ0) is 49.7. The summed E-state index contributed by atoms with van der Waals surface area (Å²) in [7, 11) is 1.59. The average Bonchev–Trinajstić information content (AvgIpc) is 3.29. The molecule has 0 radical (unpaired) electrons. The van der Waals surface area contributed by atoms with Crippen molar-refractivity contribution in [3.63, 3.8) is 0 Å². The van der Waals surface area contributed by atoms with Crippen molar-refractivity contribution in [2.45, 2.75) is 169 Å². The van der Waals surface area contributed by atoms with Crippen LogP contribution in [-0.2, 0) is 4.74 Å². The molecule has 0 heterocycles. The summed E-state index contributed by atoms with van der Waals surface area (Å²) in [5.41, 5.74) is -1.68. The first-order valence-electron chi connectivity index (χ1n) is 22.8. The summed E-state index contributed by atoms with van der Waals surface area (Å²) < 4.78 is 149. The molecular formula is C47H70F10N2O6. The van der Waals surface area contributed by atoms with Crippen LogP contribution in [0.1, 0.15) is 158 Å². The molecule has 0 spiro atoms. The molecule has 65 heavy (non-hydrogen) atoms. The van der Waals surface area contributed by atoms with Crippen LogP contribution in [-0.4, -0.2) is 48.7 Å². The van der Waals surface area contributed by atoms with Crippen LogP contribution in [0.4, 0.5) is 53.5 Å². The molecule has 374 valence electrons. The third kappa shape index (κ3) is 16.5.